The van der Waals surface area contributed by atoms with Crippen molar-refractivity contribution in [1.29, 1.82) is 0 Å². The van der Waals surface area contributed by atoms with Gasteiger partial charge in [0.25, 0.3) is 5.91 Å². The van der Waals surface area contributed by atoms with Gasteiger partial charge in [-0.15, -0.1) is 0 Å². The van der Waals surface area contributed by atoms with Crippen molar-refractivity contribution in [1.82, 2.24) is 16.0 Å². The van der Waals surface area contributed by atoms with Gasteiger partial charge in [-0.2, -0.15) is 0 Å². The van der Waals surface area contributed by atoms with Gasteiger partial charge in [0.2, 0.25) is 5.91 Å². The smallest absolute Gasteiger partial charge is 0.326 e. The van der Waals surface area contributed by atoms with Gasteiger partial charge < -0.3 is 21.1 Å². The summed E-state index contributed by atoms with van der Waals surface area (Å²) in [4.78, 5) is 36.3. The zero-order valence-electron chi connectivity index (χ0n) is 15.3. The minimum Gasteiger partial charge on any atom is -0.480 e. The highest BCUT2D eigenvalue weighted by molar-refractivity contribution is 5.94. The van der Waals surface area contributed by atoms with E-state index in [1.807, 2.05) is 36.4 Å². The molecule has 28 heavy (non-hydrogen) atoms. The van der Waals surface area contributed by atoms with Gasteiger partial charge in [-0.3, -0.25) is 9.59 Å². The molecule has 0 saturated carbocycles. The summed E-state index contributed by atoms with van der Waals surface area (Å²) in [7, 11) is 0. The summed E-state index contributed by atoms with van der Waals surface area (Å²) < 4.78 is 0. The zero-order chi connectivity index (χ0) is 19.9. The van der Waals surface area contributed by atoms with Crippen LogP contribution in [0.1, 0.15) is 22.3 Å². The summed E-state index contributed by atoms with van der Waals surface area (Å²) in [6.07, 6.45) is 0.616. The Morgan fingerprint density at radius 1 is 1.04 bits per heavy atom. The Morgan fingerprint density at radius 2 is 1.68 bits per heavy atom. The fourth-order valence-corrected chi connectivity index (χ4v) is 3.23. The van der Waals surface area contributed by atoms with Crippen LogP contribution >= 0.6 is 0 Å². The molecule has 1 saturated heterocycles. The van der Waals surface area contributed by atoms with Crippen LogP contribution in [0.5, 0.6) is 0 Å². The molecule has 3 atom stereocenters. The van der Waals surface area contributed by atoms with E-state index in [1.165, 1.54) is 0 Å². The Hall–Kier alpha value is -3.19. The van der Waals surface area contributed by atoms with E-state index in [9.17, 15) is 19.5 Å². The molecule has 0 bridgehead atoms. The highest BCUT2D eigenvalue weighted by atomic mass is 16.4. The number of carboxylic acids is 1. The van der Waals surface area contributed by atoms with Crippen molar-refractivity contribution in [2.24, 2.45) is 0 Å². The fourth-order valence-electron chi connectivity index (χ4n) is 3.23. The topological polar surface area (TPSA) is 108 Å². The average Bonchev–Trinajstić information content (AvgIpc) is 3.17. The first-order chi connectivity index (χ1) is 13.5. The summed E-state index contributed by atoms with van der Waals surface area (Å²) in [5.74, 6) is -1.65. The number of carboxylic acid groups (broad SMARTS) is 1. The highest BCUT2D eigenvalue weighted by Crippen LogP contribution is 2.10. The van der Waals surface area contributed by atoms with Crippen LogP contribution in [-0.2, 0) is 16.0 Å². The normalized spacial score (nSPS) is 19.6. The van der Waals surface area contributed by atoms with Crippen molar-refractivity contribution in [2.45, 2.75) is 31.0 Å². The molecule has 2 unspecified atom stereocenters. The largest absolute Gasteiger partial charge is 0.480 e. The number of carbonyl (C=O) groups is 3. The Labute approximate surface area is 163 Å². The van der Waals surface area contributed by atoms with Gasteiger partial charge in [0.05, 0.1) is 6.04 Å². The molecule has 4 N–H and O–H groups in total. The van der Waals surface area contributed by atoms with Crippen LogP contribution in [0.25, 0.3) is 0 Å². The Balaban J connectivity index is 1.53. The summed E-state index contributed by atoms with van der Waals surface area (Å²) >= 11 is 0. The van der Waals surface area contributed by atoms with Crippen LogP contribution in [0.3, 0.4) is 0 Å². The maximum atomic E-state index is 12.5. The number of amides is 2. The van der Waals surface area contributed by atoms with Crippen LogP contribution in [0.15, 0.2) is 60.7 Å². The number of hydrogen-bond acceptors (Lipinski definition) is 4. The molecule has 1 fully saturated rings. The molecule has 1 aliphatic heterocycles. The molecule has 0 radical (unpaired) electrons. The van der Waals surface area contributed by atoms with Crippen LogP contribution in [-0.4, -0.2) is 47.6 Å². The first-order valence-electron chi connectivity index (χ1n) is 9.19. The molecule has 0 spiro atoms. The average molecular weight is 381 g/mol. The predicted octanol–water partition coefficient (Wildman–Crippen LogP) is 0.959. The van der Waals surface area contributed by atoms with E-state index in [0.717, 1.165) is 5.56 Å². The lowest BCUT2D eigenvalue weighted by Crippen LogP contribution is -2.49. The van der Waals surface area contributed by atoms with Crippen molar-refractivity contribution in [3.8, 4) is 0 Å². The number of carbonyl (C=O) groups excluding carboxylic acids is 2. The Bertz CT molecular complexity index is 826. The van der Waals surface area contributed by atoms with Crippen LogP contribution in [0, 0.1) is 0 Å². The van der Waals surface area contributed by atoms with Crippen LogP contribution in [0.2, 0.25) is 0 Å². The van der Waals surface area contributed by atoms with E-state index < -0.39 is 18.1 Å². The van der Waals surface area contributed by atoms with Gasteiger partial charge in [-0.1, -0.05) is 48.5 Å². The van der Waals surface area contributed by atoms with Crippen molar-refractivity contribution in [3.63, 3.8) is 0 Å². The maximum absolute atomic E-state index is 12.5. The summed E-state index contributed by atoms with van der Waals surface area (Å²) in [6, 6.07) is 16.3. The monoisotopic (exact) mass is 381 g/mol. The zero-order valence-corrected chi connectivity index (χ0v) is 15.3. The molecule has 2 aromatic rings. The predicted molar refractivity (Wildman–Crippen MR) is 104 cm³/mol. The summed E-state index contributed by atoms with van der Waals surface area (Å²) in [6.45, 7) is 0.451. The second kappa shape index (κ2) is 9.14. The maximum Gasteiger partial charge on any atom is 0.326 e. The summed E-state index contributed by atoms with van der Waals surface area (Å²) in [5, 5.41) is 18.0. The molecule has 2 aromatic carbocycles. The highest BCUT2D eigenvalue weighted by Gasteiger charge is 2.32. The number of rotatable bonds is 7. The van der Waals surface area contributed by atoms with Gasteiger partial charge in [0, 0.05) is 24.6 Å². The van der Waals surface area contributed by atoms with E-state index in [0.29, 0.717) is 18.5 Å². The van der Waals surface area contributed by atoms with E-state index in [1.54, 1.807) is 24.3 Å². The molecule has 1 aliphatic rings. The Kier molecular flexibility index (Phi) is 6.39. The molecule has 0 aromatic heterocycles. The molecule has 1 heterocycles. The molecule has 0 aliphatic carbocycles. The van der Waals surface area contributed by atoms with Crippen LogP contribution < -0.4 is 16.0 Å². The van der Waals surface area contributed by atoms with Crippen molar-refractivity contribution >= 4 is 17.8 Å². The molecular formula is C21H23N3O4. The van der Waals surface area contributed by atoms with Gasteiger partial charge in [0.1, 0.15) is 6.04 Å². The van der Waals surface area contributed by atoms with Crippen LogP contribution in [0.4, 0.5) is 0 Å². The van der Waals surface area contributed by atoms with Gasteiger partial charge >= 0.3 is 5.97 Å². The van der Waals surface area contributed by atoms with Crippen molar-refractivity contribution in [2.75, 3.05) is 6.54 Å². The minimum absolute atomic E-state index is 0.194. The van der Waals surface area contributed by atoms with E-state index in [-0.39, 0.29) is 24.3 Å². The standard InChI is InChI=1S/C21H23N3O4/c25-19(15-9-5-2-6-10-15)23-16-12-17(22-13-16)20(26)24-18(21(27)28)11-14-7-3-1-4-8-14/h1-10,16-18,22H,11-13H2,(H,23,25)(H,24,26)(H,27,28)/t16?,17?,18-/m1/s1. The number of nitrogens with one attached hydrogen (secondary N) is 3. The third-order valence-corrected chi connectivity index (χ3v) is 4.72. The molecular weight excluding hydrogens is 358 g/mol. The second-order valence-electron chi connectivity index (χ2n) is 6.82. The van der Waals surface area contributed by atoms with Crippen molar-refractivity contribution in [3.05, 3.63) is 71.8 Å². The molecule has 7 heteroatoms. The third kappa shape index (κ3) is 5.17. The second-order valence-corrected chi connectivity index (χ2v) is 6.82. The van der Waals surface area contributed by atoms with Gasteiger partial charge in [-0.05, 0) is 24.1 Å². The van der Waals surface area contributed by atoms with Crippen molar-refractivity contribution < 1.29 is 19.5 Å². The molecule has 7 nitrogen and oxygen atoms in total. The number of aliphatic carboxylic acids is 1. The van der Waals surface area contributed by atoms with E-state index in [2.05, 4.69) is 16.0 Å². The molecule has 146 valence electrons. The Morgan fingerprint density at radius 3 is 2.32 bits per heavy atom. The molecule has 2 amide bonds. The lowest BCUT2D eigenvalue weighted by atomic mass is 10.1. The molecule has 3 rings (SSSR count). The minimum atomic E-state index is -1.08. The fraction of sp³-hybridized carbons (Fsp3) is 0.286. The third-order valence-electron chi connectivity index (χ3n) is 4.72. The van der Waals surface area contributed by atoms with Gasteiger partial charge in [-0.25, -0.2) is 4.79 Å². The first-order valence-corrected chi connectivity index (χ1v) is 9.19. The quantitative estimate of drug-likeness (QED) is 0.571. The SMILES string of the molecule is O=C(NC1CNC(C(=O)N[C@H](Cc2ccccc2)C(=O)O)C1)c1ccccc1. The number of hydrogen-bond donors (Lipinski definition) is 4. The van der Waals surface area contributed by atoms with E-state index in [4.69, 9.17) is 0 Å². The lowest BCUT2D eigenvalue weighted by molar-refractivity contribution is -0.142. The lowest BCUT2D eigenvalue weighted by Gasteiger charge is -2.18. The summed E-state index contributed by atoms with van der Waals surface area (Å²) in [5.41, 5.74) is 1.40. The van der Waals surface area contributed by atoms with E-state index >= 15 is 0 Å². The number of benzene rings is 2. The first kappa shape index (κ1) is 19.6. The van der Waals surface area contributed by atoms with Gasteiger partial charge in [0.15, 0.2) is 0 Å².